The summed E-state index contributed by atoms with van der Waals surface area (Å²) in [7, 11) is 0. The number of nitriles is 1. The first-order valence-electron chi connectivity index (χ1n) is 5.95. The minimum absolute atomic E-state index is 0.249. The first-order valence-corrected chi connectivity index (χ1v) is 6.32. The van der Waals surface area contributed by atoms with E-state index in [2.05, 4.69) is 6.07 Å². The lowest BCUT2D eigenvalue weighted by Gasteiger charge is -2.16. The molecule has 0 saturated heterocycles. The predicted molar refractivity (Wildman–Crippen MR) is 70.4 cm³/mol. The molecule has 2 rings (SSSR count). The quantitative estimate of drug-likeness (QED) is 0.605. The molecule has 0 atom stereocenters. The Balaban J connectivity index is 2.79. The molecule has 0 fully saturated rings. The summed E-state index contributed by atoms with van der Waals surface area (Å²) in [6.45, 7) is 0. The molecular formula is C15H5ClF6N. The average Bonchev–Trinajstić information content (AvgIpc) is 2.44. The van der Waals surface area contributed by atoms with E-state index in [4.69, 9.17) is 16.9 Å². The fourth-order valence-corrected chi connectivity index (χ4v) is 2.31. The zero-order valence-corrected chi connectivity index (χ0v) is 11.7. The van der Waals surface area contributed by atoms with E-state index in [0.29, 0.717) is 12.1 Å². The van der Waals surface area contributed by atoms with Gasteiger partial charge in [0.05, 0.1) is 27.8 Å². The Hall–Kier alpha value is -2.20. The molecule has 2 aromatic carbocycles. The van der Waals surface area contributed by atoms with E-state index in [1.54, 1.807) is 6.07 Å². The van der Waals surface area contributed by atoms with Crippen molar-refractivity contribution in [3.63, 3.8) is 0 Å². The maximum Gasteiger partial charge on any atom is 0.417 e. The normalized spacial score (nSPS) is 12.1. The molecule has 1 nitrogen and oxygen atoms in total. The van der Waals surface area contributed by atoms with E-state index in [0.717, 1.165) is 18.2 Å². The van der Waals surface area contributed by atoms with Crippen LogP contribution in [-0.4, -0.2) is 0 Å². The van der Waals surface area contributed by atoms with E-state index in [1.165, 1.54) is 0 Å². The van der Waals surface area contributed by atoms with Crippen LogP contribution in [0.5, 0.6) is 0 Å². The van der Waals surface area contributed by atoms with E-state index in [1.807, 2.05) is 0 Å². The van der Waals surface area contributed by atoms with Gasteiger partial charge in [-0.1, -0.05) is 23.7 Å². The molecule has 0 heterocycles. The van der Waals surface area contributed by atoms with Crippen molar-refractivity contribution in [3.8, 4) is 17.2 Å². The Labute approximate surface area is 131 Å². The molecule has 0 spiro atoms. The van der Waals surface area contributed by atoms with Crippen LogP contribution >= 0.6 is 11.6 Å². The molecule has 119 valence electrons. The number of benzene rings is 2. The summed E-state index contributed by atoms with van der Waals surface area (Å²) in [5.74, 6) is 0. The molecule has 8 heteroatoms. The number of hydrogen-bond acceptors (Lipinski definition) is 1. The second-order valence-corrected chi connectivity index (χ2v) is 4.83. The maximum atomic E-state index is 13.1. The van der Waals surface area contributed by atoms with E-state index < -0.39 is 39.6 Å². The molecular weight excluding hydrogens is 344 g/mol. The van der Waals surface area contributed by atoms with Crippen molar-refractivity contribution in [1.29, 1.82) is 5.26 Å². The SMILES string of the molecule is N#Cc1[c]cc(C(F)(F)F)c(-c2cccc(C(F)(F)F)c2Cl)c1. The monoisotopic (exact) mass is 348 g/mol. The molecule has 0 aliphatic rings. The molecule has 1 radical (unpaired) electrons. The zero-order chi connectivity index (χ0) is 17.4. The summed E-state index contributed by atoms with van der Waals surface area (Å²) < 4.78 is 77.8. The summed E-state index contributed by atoms with van der Waals surface area (Å²) in [5.41, 5.74) is -3.79. The van der Waals surface area contributed by atoms with Crippen LogP contribution in [0.25, 0.3) is 11.1 Å². The lowest BCUT2D eigenvalue weighted by Crippen LogP contribution is -2.09. The van der Waals surface area contributed by atoms with Crippen LogP contribution in [0.1, 0.15) is 16.7 Å². The highest BCUT2D eigenvalue weighted by Crippen LogP contribution is 2.43. The Morgan fingerprint density at radius 2 is 1.57 bits per heavy atom. The minimum Gasteiger partial charge on any atom is -0.192 e. The van der Waals surface area contributed by atoms with Crippen molar-refractivity contribution in [2.45, 2.75) is 12.4 Å². The summed E-state index contributed by atoms with van der Waals surface area (Å²) in [5, 5.41) is 7.92. The minimum atomic E-state index is -4.84. The second kappa shape index (κ2) is 5.78. The summed E-state index contributed by atoms with van der Waals surface area (Å²) in [6.07, 6.45) is -9.65. The highest BCUT2D eigenvalue weighted by molar-refractivity contribution is 6.34. The van der Waals surface area contributed by atoms with Gasteiger partial charge in [-0.05, 0) is 23.8 Å². The number of hydrogen-bond donors (Lipinski definition) is 0. The van der Waals surface area contributed by atoms with Crippen LogP contribution in [0.3, 0.4) is 0 Å². The van der Waals surface area contributed by atoms with Crippen molar-refractivity contribution >= 4 is 11.6 Å². The van der Waals surface area contributed by atoms with Crippen LogP contribution in [0.15, 0.2) is 30.3 Å². The van der Waals surface area contributed by atoms with Gasteiger partial charge in [0.1, 0.15) is 0 Å². The van der Waals surface area contributed by atoms with Gasteiger partial charge in [0.15, 0.2) is 0 Å². The summed E-state index contributed by atoms with van der Waals surface area (Å²) >= 11 is 5.67. The third-order valence-corrected chi connectivity index (χ3v) is 3.38. The van der Waals surface area contributed by atoms with Crippen molar-refractivity contribution in [3.05, 3.63) is 58.1 Å². The maximum absolute atomic E-state index is 13.1. The summed E-state index contributed by atoms with van der Waals surface area (Å²) in [6, 6.07) is 7.69. The van der Waals surface area contributed by atoms with Gasteiger partial charge >= 0.3 is 12.4 Å². The molecule has 0 aliphatic carbocycles. The van der Waals surface area contributed by atoms with Gasteiger partial charge < -0.3 is 0 Å². The van der Waals surface area contributed by atoms with Crippen molar-refractivity contribution in [2.75, 3.05) is 0 Å². The molecule has 0 aliphatic heterocycles. The molecule has 0 saturated carbocycles. The fraction of sp³-hybridized carbons (Fsp3) is 0.133. The van der Waals surface area contributed by atoms with E-state index in [-0.39, 0.29) is 5.56 Å². The van der Waals surface area contributed by atoms with Gasteiger partial charge in [0.2, 0.25) is 0 Å². The summed E-state index contributed by atoms with van der Waals surface area (Å²) in [4.78, 5) is 0. The number of rotatable bonds is 1. The molecule has 0 amide bonds. The van der Waals surface area contributed by atoms with Crippen LogP contribution in [0, 0.1) is 17.4 Å². The smallest absolute Gasteiger partial charge is 0.192 e. The fourth-order valence-electron chi connectivity index (χ4n) is 1.97. The van der Waals surface area contributed by atoms with Gasteiger partial charge in [-0.3, -0.25) is 0 Å². The van der Waals surface area contributed by atoms with Crippen molar-refractivity contribution < 1.29 is 26.3 Å². The van der Waals surface area contributed by atoms with Gasteiger partial charge in [0, 0.05) is 11.6 Å². The molecule has 0 aromatic heterocycles. The molecule has 23 heavy (non-hydrogen) atoms. The highest BCUT2D eigenvalue weighted by Gasteiger charge is 2.37. The molecule has 0 N–H and O–H groups in total. The van der Waals surface area contributed by atoms with Gasteiger partial charge in [-0.15, -0.1) is 0 Å². The first kappa shape index (κ1) is 17.2. The Morgan fingerprint density at radius 1 is 0.957 bits per heavy atom. The standard InChI is InChI=1S/C15H5ClF6N/c16-13-9(2-1-3-12(13)15(20,21)22)10-6-8(7-23)4-5-11(10)14(17,18)19/h1-3,5-6H. The lowest BCUT2D eigenvalue weighted by molar-refractivity contribution is -0.137. The Bertz CT molecular complexity index is 786. The van der Waals surface area contributed by atoms with Gasteiger partial charge in [-0.25, -0.2) is 0 Å². The van der Waals surface area contributed by atoms with Gasteiger partial charge in [0.25, 0.3) is 0 Å². The number of halogens is 7. The first-order chi connectivity index (χ1) is 10.6. The van der Waals surface area contributed by atoms with Crippen molar-refractivity contribution in [1.82, 2.24) is 0 Å². The largest absolute Gasteiger partial charge is 0.417 e. The Kier molecular flexibility index (Phi) is 4.31. The molecule has 0 unspecified atom stereocenters. The number of nitrogens with zero attached hydrogens (tertiary/aromatic N) is 1. The molecule has 2 aromatic rings. The van der Waals surface area contributed by atoms with Crippen LogP contribution in [-0.2, 0) is 12.4 Å². The topological polar surface area (TPSA) is 23.8 Å². The van der Waals surface area contributed by atoms with Gasteiger partial charge in [-0.2, -0.15) is 31.6 Å². The molecule has 0 bridgehead atoms. The van der Waals surface area contributed by atoms with Crippen LogP contribution in [0.2, 0.25) is 5.02 Å². The lowest BCUT2D eigenvalue weighted by atomic mass is 9.95. The number of alkyl halides is 6. The van der Waals surface area contributed by atoms with Crippen LogP contribution in [0.4, 0.5) is 26.3 Å². The second-order valence-electron chi connectivity index (χ2n) is 4.45. The van der Waals surface area contributed by atoms with E-state index >= 15 is 0 Å². The third-order valence-electron chi connectivity index (χ3n) is 2.97. The predicted octanol–water partition coefficient (Wildman–Crippen LogP) is 5.72. The van der Waals surface area contributed by atoms with Crippen LogP contribution < -0.4 is 0 Å². The third kappa shape index (κ3) is 3.42. The highest BCUT2D eigenvalue weighted by atomic mass is 35.5. The van der Waals surface area contributed by atoms with E-state index in [9.17, 15) is 26.3 Å². The Morgan fingerprint density at radius 3 is 2.09 bits per heavy atom. The zero-order valence-electron chi connectivity index (χ0n) is 11.0. The van der Waals surface area contributed by atoms with Crippen molar-refractivity contribution in [2.24, 2.45) is 0 Å². The average molecular weight is 349 g/mol.